The Morgan fingerprint density at radius 2 is 1.69 bits per heavy atom. The van der Waals surface area contributed by atoms with E-state index in [4.69, 9.17) is 9.47 Å². The molecule has 0 saturated heterocycles. The van der Waals surface area contributed by atoms with E-state index >= 15 is 0 Å². The third-order valence-corrected chi connectivity index (χ3v) is 5.03. The minimum atomic E-state index is -0.441. The Balaban J connectivity index is 1.85. The number of hydrogen-bond acceptors (Lipinski definition) is 4. The summed E-state index contributed by atoms with van der Waals surface area (Å²) >= 11 is 0. The molecule has 150 valence electrons. The fraction of sp³-hybridized carbons (Fsp3) is 0.250. The van der Waals surface area contributed by atoms with Gasteiger partial charge in [-0.3, -0.25) is 4.79 Å². The van der Waals surface area contributed by atoms with Crippen molar-refractivity contribution in [2.45, 2.75) is 12.8 Å². The second kappa shape index (κ2) is 9.24. The molecule has 5 nitrogen and oxygen atoms in total. The Morgan fingerprint density at radius 3 is 2.38 bits per heavy atom. The van der Waals surface area contributed by atoms with Crippen molar-refractivity contribution in [2.75, 3.05) is 27.8 Å². The lowest BCUT2D eigenvalue weighted by atomic mass is 9.97. The summed E-state index contributed by atoms with van der Waals surface area (Å²) in [5.41, 5.74) is 2.37. The number of esters is 1. The van der Waals surface area contributed by atoms with E-state index < -0.39 is 5.97 Å². The van der Waals surface area contributed by atoms with Gasteiger partial charge in [0.15, 0.2) is 0 Å². The number of carbonyl (C=O) groups excluding carboxylic acids is 2. The summed E-state index contributed by atoms with van der Waals surface area (Å²) in [6, 6.07) is 19.2. The van der Waals surface area contributed by atoms with Crippen LogP contribution >= 0.6 is 0 Å². The third-order valence-electron chi connectivity index (χ3n) is 5.03. The zero-order chi connectivity index (χ0) is 20.8. The van der Waals surface area contributed by atoms with Gasteiger partial charge < -0.3 is 14.4 Å². The Kier molecular flexibility index (Phi) is 6.50. The average molecular weight is 391 g/mol. The summed E-state index contributed by atoms with van der Waals surface area (Å²) in [5, 5.41) is 1.68. The third kappa shape index (κ3) is 4.74. The quantitative estimate of drug-likeness (QED) is 0.574. The van der Waals surface area contributed by atoms with Crippen LogP contribution in [0.15, 0.2) is 60.7 Å². The molecule has 3 aromatic rings. The SMILES string of the molecule is COC(=O)c1cc(CC(=O)N(C)CCc2ccccc2)c2cccc(OC)c2c1. The lowest BCUT2D eigenvalue weighted by molar-refractivity contribution is -0.129. The number of methoxy groups -OCH3 is 2. The monoisotopic (exact) mass is 391 g/mol. The molecule has 3 aromatic carbocycles. The van der Waals surface area contributed by atoms with Crippen LogP contribution in [0.3, 0.4) is 0 Å². The van der Waals surface area contributed by atoms with Crippen LogP contribution in [0.5, 0.6) is 5.75 Å². The molecule has 0 aliphatic rings. The maximum absolute atomic E-state index is 12.9. The largest absolute Gasteiger partial charge is 0.496 e. The first kappa shape index (κ1) is 20.4. The summed E-state index contributed by atoms with van der Waals surface area (Å²) in [5.74, 6) is 0.204. The van der Waals surface area contributed by atoms with Crippen molar-refractivity contribution in [1.29, 1.82) is 0 Å². The second-order valence-electron chi connectivity index (χ2n) is 6.91. The smallest absolute Gasteiger partial charge is 0.337 e. The number of likely N-dealkylation sites (N-methyl/N-ethyl adjacent to an activating group) is 1. The summed E-state index contributed by atoms with van der Waals surface area (Å²) in [6.07, 6.45) is 0.986. The van der Waals surface area contributed by atoms with E-state index in [1.54, 1.807) is 31.2 Å². The van der Waals surface area contributed by atoms with Crippen LogP contribution in [0.2, 0.25) is 0 Å². The van der Waals surface area contributed by atoms with Gasteiger partial charge in [0.25, 0.3) is 0 Å². The first-order valence-corrected chi connectivity index (χ1v) is 9.49. The average Bonchev–Trinajstić information content (AvgIpc) is 2.76. The molecule has 0 bridgehead atoms. The molecule has 0 aromatic heterocycles. The number of carbonyl (C=O) groups is 2. The van der Waals surface area contributed by atoms with Gasteiger partial charge in [-0.15, -0.1) is 0 Å². The second-order valence-corrected chi connectivity index (χ2v) is 6.91. The van der Waals surface area contributed by atoms with E-state index in [0.29, 0.717) is 17.9 Å². The molecular formula is C24H25NO4. The maximum Gasteiger partial charge on any atom is 0.337 e. The van der Waals surface area contributed by atoms with Crippen LogP contribution in [-0.4, -0.2) is 44.6 Å². The van der Waals surface area contributed by atoms with Gasteiger partial charge in [-0.25, -0.2) is 4.79 Å². The number of ether oxygens (including phenoxy) is 2. The molecule has 29 heavy (non-hydrogen) atoms. The van der Waals surface area contributed by atoms with Crippen molar-refractivity contribution < 1.29 is 19.1 Å². The van der Waals surface area contributed by atoms with Crippen LogP contribution < -0.4 is 4.74 Å². The molecular weight excluding hydrogens is 366 g/mol. The molecule has 0 radical (unpaired) electrons. The summed E-state index contributed by atoms with van der Waals surface area (Å²) < 4.78 is 10.3. The van der Waals surface area contributed by atoms with E-state index in [2.05, 4.69) is 12.1 Å². The van der Waals surface area contributed by atoms with Crippen LogP contribution in [0.25, 0.3) is 10.8 Å². The highest BCUT2D eigenvalue weighted by Gasteiger charge is 2.17. The topological polar surface area (TPSA) is 55.8 Å². The number of fused-ring (bicyclic) bond motifs is 1. The van der Waals surface area contributed by atoms with Crippen molar-refractivity contribution in [3.63, 3.8) is 0 Å². The van der Waals surface area contributed by atoms with Gasteiger partial charge >= 0.3 is 5.97 Å². The zero-order valence-corrected chi connectivity index (χ0v) is 17.0. The Hall–Kier alpha value is -3.34. The lowest BCUT2D eigenvalue weighted by Crippen LogP contribution is -2.30. The molecule has 0 saturated carbocycles. The summed E-state index contributed by atoms with van der Waals surface area (Å²) in [7, 11) is 4.73. The van der Waals surface area contributed by atoms with Crippen LogP contribution in [0, 0.1) is 0 Å². The standard InChI is InChI=1S/C24H25NO4/c1-25(13-12-17-8-5-4-6-9-17)23(26)16-18-14-19(24(27)29-3)15-21-20(18)10-7-11-22(21)28-2/h4-11,14-15H,12-13,16H2,1-3H3. The number of benzene rings is 3. The Labute approximate surface area is 170 Å². The lowest BCUT2D eigenvalue weighted by Gasteiger charge is -2.18. The van der Waals surface area contributed by atoms with Crippen molar-refractivity contribution in [1.82, 2.24) is 4.90 Å². The predicted octanol–water partition coefficient (Wildman–Crippen LogP) is 3.88. The molecule has 0 N–H and O–H groups in total. The normalized spacial score (nSPS) is 10.6. The highest BCUT2D eigenvalue weighted by Crippen LogP contribution is 2.30. The van der Waals surface area contributed by atoms with Gasteiger partial charge in [0.1, 0.15) is 5.75 Å². The van der Waals surface area contributed by atoms with E-state index in [-0.39, 0.29) is 12.3 Å². The zero-order valence-electron chi connectivity index (χ0n) is 17.0. The molecule has 1 amide bonds. The van der Waals surface area contributed by atoms with Gasteiger partial charge in [0.05, 0.1) is 26.2 Å². The molecule has 0 fully saturated rings. The van der Waals surface area contributed by atoms with Crippen molar-refractivity contribution in [3.8, 4) is 5.75 Å². The van der Waals surface area contributed by atoms with Crippen LogP contribution in [0.4, 0.5) is 0 Å². The fourth-order valence-corrected chi connectivity index (χ4v) is 3.36. The highest BCUT2D eigenvalue weighted by molar-refractivity contribution is 6.00. The molecule has 0 unspecified atom stereocenters. The summed E-state index contributed by atoms with van der Waals surface area (Å²) in [4.78, 5) is 26.7. The van der Waals surface area contributed by atoms with E-state index in [0.717, 1.165) is 22.8 Å². The minimum Gasteiger partial charge on any atom is -0.496 e. The van der Waals surface area contributed by atoms with Gasteiger partial charge in [-0.1, -0.05) is 42.5 Å². The Morgan fingerprint density at radius 1 is 0.931 bits per heavy atom. The van der Waals surface area contributed by atoms with Crippen molar-refractivity contribution >= 4 is 22.6 Å². The molecule has 0 spiro atoms. The predicted molar refractivity (Wildman–Crippen MR) is 113 cm³/mol. The first-order chi connectivity index (χ1) is 14.0. The minimum absolute atomic E-state index is 0.00735. The van der Waals surface area contributed by atoms with Crippen molar-refractivity contribution in [3.05, 3.63) is 77.4 Å². The number of hydrogen-bond donors (Lipinski definition) is 0. The molecule has 0 atom stereocenters. The van der Waals surface area contributed by atoms with E-state index in [1.807, 2.05) is 36.4 Å². The maximum atomic E-state index is 12.9. The van der Waals surface area contributed by atoms with E-state index in [1.165, 1.54) is 12.7 Å². The first-order valence-electron chi connectivity index (χ1n) is 9.49. The highest BCUT2D eigenvalue weighted by atomic mass is 16.5. The van der Waals surface area contributed by atoms with Gasteiger partial charge in [0.2, 0.25) is 5.91 Å². The number of nitrogens with zero attached hydrogens (tertiary/aromatic N) is 1. The molecule has 0 aliphatic heterocycles. The van der Waals surface area contributed by atoms with Crippen LogP contribution in [-0.2, 0) is 22.4 Å². The van der Waals surface area contributed by atoms with E-state index in [9.17, 15) is 9.59 Å². The Bertz CT molecular complexity index is 1010. The number of amides is 1. The molecule has 3 rings (SSSR count). The summed E-state index contributed by atoms with van der Waals surface area (Å²) in [6.45, 7) is 0.626. The number of rotatable bonds is 7. The van der Waals surface area contributed by atoms with Gasteiger partial charge in [-0.2, -0.15) is 0 Å². The molecule has 5 heteroatoms. The van der Waals surface area contributed by atoms with Gasteiger partial charge in [-0.05, 0) is 41.1 Å². The molecule has 0 heterocycles. The van der Waals surface area contributed by atoms with Crippen molar-refractivity contribution in [2.24, 2.45) is 0 Å². The molecule has 0 aliphatic carbocycles. The fourth-order valence-electron chi connectivity index (χ4n) is 3.36. The van der Waals surface area contributed by atoms with Gasteiger partial charge in [0, 0.05) is 19.0 Å². The van der Waals surface area contributed by atoms with Crippen LogP contribution in [0.1, 0.15) is 21.5 Å².